The summed E-state index contributed by atoms with van der Waals surface area (Å²) in [4.78, 5) is 12.6. The molecule has 4 rings (SSSR count). The second-order valence-electron chi connectivity index (χ2n) is 7.15. The van der Waals surface area contributed by atoms with Gasteiger partial charge in [-0.1, -0.05) is 59.6 Å². The molecule has 0 radical (unpaired) electrons. The fraction of sp³-hybridized carbons (Fsp3) is 0.120. The third-order valence-corrected chi connectivity index (χ3v) is 5.90. The average molecular weight is 482 g/mol. The van der Waals surface area contributed by atoms with Gasteiger partial charge in [0.05, 0.1) is 24.9 Å². The van der Waals surface area contributed by atoms with Crippen molar-refractivity contribution in [3.05, 3.63) is 98.8 Å². The smallest absolute Gasteiger partial charge is 0.291 e. The second kappa shape index (κ2) is 9.98. The predicted molar refractivity (Wildman–Crippen MR) is 132 cm³/mol. The summed E-state index contributed by atoms with van der Waals surface area (Å²) in [7, 11) is 3.22. The molecule has 3 aromatic carbocycles. The molecule has 0 aliphatic heterocycles. The van der Waals surface area contributed by atoms with E-state index in [1.807, 2.05) is 60.7 Å². The van der Waals surface area contributed by atoms with Crippen LogP contribution in [-0.4, -0.2) is 24.0 Å². The van der Waals surface area contributed by atoms with Crippen LogP contribution in [0.4, 0.5) is 5.69 Å². The lowest BCUT2D eigenvalue weighted by molar-refractivity contribution is 0.354. The van der Waals surface area contributed by atoms with E-state index in [0.29, 0.717) is 29.4 Å². The number of benzene rings is 3. The second-order valence-corrected chi connectivity index (χ2v) is 7.91. The van der Waals surface area contributed by atoms with Gasteiger partial charge in [-0.25, -0.2) is 0 Å². The van der Waals surface area contributed by atoms with Gasteiger partial charge in [0.15, 0.2) is 11.5 Å². The number of methoxy groups -OCH3 is 2. The highest BCUT2D eigenvalue weighted by Gasteiger charge is 2.17. The fourth-order valence-corrected chi connectivity index (χ4v) is 3.75. The molecular formula is C25H21Cl2N3O3. The summed E-state index contributed by atoms with van der Waals surface area (Å²) in [5.41, 5.74) is 3.26. The Labute approximate surface area is 201 Å². The summed E-state index contributed by atoms with van der Waals surface area (Å²) in [6.45, 7) is 0.601. The van der Waals surface area contributed by atoms with Crippen LogP contribution in [-0.2, 0) is 6.54 Å². The van der Waals surface area contributed by atoms with Crippen molar-refractivity contribution in [3.8, 4) is 28.4 Å². The first-order valence-electron chi connectivity index (χ1n) is 10.1. The quantitative estimate of drug-likeness (QED) is 0.359. The van der Waals surface area contributed by atoms with Gasteiger partial charge in [-0.3, -0.25) is 4.79 Å². The van der Waals surface area contributed by atoms with Gasteiger partial charge in [0, 0.05) is 17.8 Å². The van der Waals surface area contributed by atoms with E-state index in [0.717, 1.165) is 16.8 Å². The van der Waals surface area contributed by atoms with Gasteiger partial charge >= 0.3 is 0 Å². The molecule has 168 valence electrons. The average Bonchev–Trinajstić information content (AvgIpc) is 2.87. The topological polar surface area (TPSA) is 65.4 Å². The van der Waals surface area contributed by atoms with Crippen LogP contribution in [0.1, 0.15) is 5.56 Å². The standard InChI is InChI=1S/C25H21Cl2N3O3/c1-32-20-13-8-16(14-21(20)33-2)15-28-18-11-9-17(10-12-18)24-22(26)23(27)25(31)30(29-24)19-6-4-3-5-7-19/h3-14,28H,15H2,1-2H3. The van der Waals surface area contributed by atoms with Crippen molar-refractivity contribution < 1.29 is 9.47 Å². The molecule has 0 aliphatic carbocycles. The molecule has 0 fully saturated rings. The van der Waals surface area contributed by atoms with Crippen LogP contribution in [0.25, 0.3) is 16.9 Å². The van der Waals surface area contributed by atoms with Gasteiger partial charge in [-0.2, -0.15) is 9.78 Å². The number of rotatable bonds is 7. The molecule has 0 atom stereocenters. The molecule has 8 heteroatoms. The summed E-state index contributed by atoms with van der Waals surface area (Å²) >= 11 is 12.6. The van der Waals surface area contributed by atoms with Gasteiger partial charge in [0.1, 0.15) is 10.7 Å². The molecule has 0 spiro atoms. The zero-order valence-corrected chi connectivity index (χ0v) is 19.5. The van der Waals surface area contributed by atoms with Crippen molar-refractivity contribution in [3.63, 3.8) is 0 Å². The molecule has 0 aliphatic rings. The normalized spacial score (nSPS) is 10.7. The number of nitrogens with zero attached hydrogens (tertiary/aromatic N) is 2. The van der Waals surface area contributed by atoms with E-state index in [4.69, 9.17) is 32.7 Å². The van der Waals surface area contributed by atoms with Gasteiger partial charge in [0.2, 0.25) is 0 Å². The molecule has 0 bridgehead atoms. The van der Waals surface area contributed by atoms with E-state index in [2.05, 4.69) is 10.4 Å². The summed E-state index contributed by atoms with van der Waals surface area (Å²) in [6, 6.07) is 22.4. The molecule has 33 heavy (non-hydrogen) atoms. The van der Waals surface area contributed by atoms with Crippen molar-refractivity contribution in [1.82, 2.24) is 9.78 Å². The van der Waals surface area contributed by atoms with E-state index in [1.54, 1.807) is 26.4 Å². The molecule has 0 saturated carbocycles. The third kappa shape index (κ3) is 4.82. The summed E-state index contributed by atoms with van der Waals surface area (Å²) < 4.78 is 11.9. The molecule has 4 aromatic rings. The first kappa shape index (κ1) is 22.7. The zero-order chi connectivity index (χ0) is 23.4. The molecular weight excluding hydrogens is 461 g/mol. The number of hydrogen-bond acceptors (Lipinski definition) is 5. The van der Waals surface area contributed by atoms with Crippen molar-refractivity contribution in [1.29, 1.82) is 0 Å². The Morgan fingerprint density at radius 1 is 0.879 bits per heavy atom. The van der Waals surface area contributed by atoms with Crippen LogP contribution >= 0.6 is 23.2 Å². The van der Waals surface area contributed by atoms with Crippen LogP contribution in [0.15, 0.2) is 77.6 Å². The largest absolute Gasteiger partial charge is 0.493 e. The first-order valence-corrected chi connectivity index (χ1v) is 10.9. The van der Waals surface area contributed by atoms with Gasteiger partial charge in [-0.05, 0) is 42.0 Å². The Bertz CT molecular complexity index is 1320. The predicted octanol–water partition coefficient (Wildman–Crippen LogP) is 5.84. The highest BCUT2D eigenvalue weighted by Crippen LogP contribution is 2.31. The summed E-state index contributed by atoms with van der Waals surface area (Å²) in [6.07, 6.45) is 0. The van der Waals surface area contributed by atoms with Crippen LogP contribution in [0, 0.1) is 0 Å². The third-order valence-electron chi connectivity index (χ3n) is 5.08. The van der Waals surface area contributed by atoms with Gasteiger partial charge in [0.25, 0.3) is 5.56 Å². The lowest BCUT2D eigenvalue weighted by Gasteiger charge is -2.12. The van der Waals surface area contributed by atoms with Crippen molar-refractivity contribution in [2.75, 3.05) is 19.5 Å². The maximum absolute atomic E-state index is 12.6. The molecule has 1 aromatic heterocycles. The van der Waals surface area contributed by atoms with Crippen LogP contribution in [0.3, 0.4) is 0 Å². The number of para-hydroxylation sites is 1. The maximum Gasteiger partial charge on any atom is 0.291 e. The SMILES string of the molecule is COc1ccc(CNc2ccc(-c3nn(-c4ccccc4)c(=O)c(Cl)c3Cl)cc2)cc1OC. The van der Waals surface area contributed by atoms with Crippen molar-refractivity contribution >= 4 is 28.9 Å². The van der Waals surface area contributed by atoms with E-state index in [1.165, 1.54) is 4.68 Å². The number of hydrogen-bond donors (Lipinski definition) is 1. The van der Waals surface area contributed by atoms with E-state index in [-0.39, 0.29) is 10.0 Å². The van der Waals surface area contributed by atoms with Crippen molar-refractivity contribution in [2.45, 2.75) is 6.54 Å². The molecule has 6 nitrogen and oxygen atoms in total. The van der Waals surface area contributed by atoms with Crippen LogP contribution in [0.2, 0.25) is 10.0 Å². The van der Waals surface area contributed by atoms with Gasteiger partial charge in [-0.15, -0.1) is 0 Å². The van der Waals surface area contributed by atoms with Crippen molar-refractivity contribution in [2.24, 2.45) is 0 Å². The number of aromatic nitrogens is 2. The maximum atomic E-state index is 12.6. The zero-order valence-electron chi connectivity index (χ0n) is 18.0. The number of ether oxygens (including phenoxy) is 2. The highest BCUT2D eigenvalue weighted by molar-refractivity contribution is 6.43. The molecule has 1 heterocycles. The minimum Gasteiger partial charge on any atom is -0.493 e. The number of nitrogens with one attached hydrogen (secondary N) is 1. The number of anilines is 1. The summed E-state index contributed by atoms with van der Waals surface area (Å²) in [5, 5.41) is 7.90. The van der Waals surface area contributed by atoms with Crippen LogP contribution < -0.4 is 20.3 Å². The first-order chi connectivity index (χ1) is 16.0. The summed E-state index contributed by atoms with van der Waals surface area (Å²) in [5.74, 6) is 1.36. The molecule has 0 unspecified atom stereocenters. The van der Waals surface area contributed by atoms with E-state index >= 15 is 0 Å². The van der Waals surface area contributed by atoms with Gasteiger partial charge < -0.3 is 14.8 Å². The Morgan fingerprint density at radius 2 is 1.58 bits per heavy atom. The minimum absolute atomic E-state index is 0.0684. The monoisotopic (exact) mass is 481 g/mol. The Hall–Kier alpha value is -3.48. The fourth-order valence-electron chi connectivity index (χ4n) is 3.35. The lowest BCUT2D eigenvalue weighted by atomic mass is 10.1. The minimum atomic E-state index is -0.468. The highest BCUT2D eigenvalue weighted by atomic mass is 35.5. The van der Waals surface area contributed by atoms with Crippen LogP contribution in [0.5, 0.6) is 11.5 Å². The Kier molecular flexibility index (Phi) is 6.87. The Morgan fingerprint density at radius 3 is 2.24 bits per heavy atom. The van der Waals surface area contributed by atoms with E-state index < -0.39 is 5.56 Å². The molecule has 0 saturated heterocycles. The Balaban J connectivity index is 1.57. The number of halogens is 2. The molecule has 0 amide bonds. The molecule has 1 N–H and O–H groups in total. The lowest BCUT2D eigenvalue weighted by Crippen LogP contribution is -2.22. The van der Waals surface area contributed by atoms with E-state index in [9.17, 15) is 4.79 Å².